The van der Waals surface area contributed by atoms with Gasteiger partial charge in [0.05, 0.1) is 19.8 Å². The van der Waals surface area contributed by atoms with Gasteiger partial charge in [0.15, 0.2) is 11.0 Å². The van der Waals surface area contributed by atoms with Crippen molar-refractivity contribution < 1.29 is 14.3 Å². The van der Waals surface area contributed by atoms with Crippen molar-refractivity contribution in [1.29, 1.82) is 0 Å². The number of rotatable bonds is 8. The van der Waals surface area contributed by atoms with E-state index in [0.717, 1.165) is 42.1 Å². The molecule has 1 aliphatic heterocycles. The number of carbonyl (C=O) groups is 1. The van der Waals surface area contributed by atoms with Gasteiger partial charge in [-0.05, 0) is 42.7 Å². The highest BCUT2D eigenvalue weighted by molar-refractivity contribution is 8.00. The number of benzene rings is 2. The predicted molar refractivity (Wildman–Crippen MR) is 125 cm³/mol. The Bertz CT molecular complexity index is 1030. The third-order valence-corrected chi connectivity index (χ3v) is 6.69. The molecule has 1 fully saturated rings. The van der Waals surface area contributed by atoms with Crippen molar-refractivity contribution in [3.8, 4) is 17.1 Å². The van der Waals surface area contributed by atoms with Gasteiger partial charge in [0.1, 0.15) is 11.0 Å². The Morgan fingerprint density at radius 3 is 2.56 bits per heavy atom. The fourth-order valence-corrected chi connectivity index (χ4v) is 4.91. The van der Waals surface area contributed by atoms with E-state index in [1.165, 1.54) is 11.8 Å². The van der Waals surface area contributed by atoms with Crippen LogP contribution in [0.15, 0.2) is 59.8 Å². The summed E-state index contributed by atoms with van der Waals surface area (Å²) in [6, 6.07) is 17.6. The maximum atomic E-state index is 13.1. The molecule has 2 heterocycles. The van der Waals surface area contributed by atoms with E-state index in [-0.39, 0.29) is 12.0 Å². The van der Waals surface area contributed by atoms with Crippen LogP contribution in [-0.4, -0.2) is 59.5 Å². The molecule has 1 aromatic heterocycles. The minimum atomic E-state index is -0.414. The Kier molecular flexibility index (Phi) is 7.12. The van der Waals surface area contributed by atoms with Crippen LogP contribution in [0.3, 0.4) is 0 Å². The summed E-state index contributed by atoms with van der Waals surface area (Å²) in [6.45, 7) is 1.42. The molecule has 2 atom stereocenters. The second-order valence-corrected chi connectivity index (χ2v) is 8.99. The van der Waals surface area contributed by atoms with Crippen molar-refractivity contribution >= 4 is 17.7 Å². The second kappa shape index (κ2) is 10.2. The molecule has 1 aliphatic rings. The summed E-state index contributed by atoms with van der Waals surface area (Å²) in [6.07, 6.45) is 2.17. The SMILES string of the molecule is COc1ccc(-c2nnc(SC(C(=O)N(C)C)c3ccccc3)n2CC2CCCO2)cc1. The van der Waals surface area contributed by atoms with Crippen LogP contribution in [0.2, 0.25) is 0 Å². The van der Waals surface area contributed by atoms with Crippen LogP contribution in [0.25, 0.3) is 11.4 Å². The molecule has 0 N–H and O–H groups in total. The molecule has 0 aliphatic carbocycles. The molecular weight excluding hydrogens is 424 g/mol. The number of carbonyl (C=O) groups excluding carboxylic acids is 1. The maximum absolute atomic E-state index is 13.1. The maximum Gasteiger partial charge on any atom is 0.240 e. The molecule has 7 nitrogen and oxygen atoms in total. The van der Waals surface area contributed by atoms with Crippen molar-refractivity contribution in [3.05, 3.63) is 60.2 Å². The van der Waals surface area contributed by atoms with Gasteiger partial charge in [0.25, 0.3) is 0 Å². The van der Waals surface area contributed by atoms with Crippen molar-refractivity contribution in [2.45, 2.75) is 35.9 Å². The topological polar surface area (TPSA) is 69.5 Å². The van der Waals surface area contributed by atoms with Gasteiger partial charge >= 0.3 is 0 Å². The molecule has 4 rings (SSSR count). The molecule has 8 heteroatoms. The van der Waals surface area contributed by atoms with Gasteiger partial charge in [0, 0.05) is 26.3 Å². The van der Waals surface area contributed by atoms with E-state index in [9.17, 15) is 4.79 Å². The Hall–Kier alpha value is -2.84. The van der Waals surface area contributed by atoms with Gasteiger partial charge in [0.2, 0.25) is 5.91 Å². The molecule has 1 saturated heterocycles. The van der Waals surface area contributed by atoms with Gasteiger partial charge in [-0.2, -0.15) is 0 Å². The van der Waals surface area contributed by atoms with Gasteiger partial charge in [-0.15, -0.1) is 10.2 Å². The van der Waals surface area contributed by atoms with Crippen molar-refractivity contribution in [3.63, 3.8) is 0 Å². The molecular formula is C24H28N4O3S. The highest BCUT2D eigenvalue weighted by Gasteiger charge is 2.28. The minimum absolute atomic E-state index is 0.0128. The molecule has 0 radical (unpaired) electrons. The van der Waals surface area contributed by atoms with Gasteiger partial charge in [-0.1, -0.05) is 42.1 Å². The smallest absolute Gasteiger partial charge is 0.240 e. The van der Waals surface area contributed by atoms with Crippen LogP contribution < -0.4 is 4.74 Å². The molecule has 0 bridgehead atoms. The van der Waals surface area contributed by atoms with E-state index in [4.69, 9.17) is 9.47 Å². The van der Waals surface area contributed by atoms with Crippen molar-refractivity contribution in [1.82, 2.24) is 19.7 Å². The zero-order chi connectivity index (χ0) is 22.5. The molecule has 32 heavy (non-hydrogen) atoms. The van der Waals surface area contributed by atoms with Crippen molar-refractivity contribution in [2.75, 3.05) is 27.8 Å². The number of nitrogens with zero attached hydrogens (tertiary/aromatic N) is 4. The first-order chi connectivity index (χ1) is 15.6. The summed E-state index contributed by atoms with van der Waals surface area (Å²) in [5, 5.41) is 9.30. The normalized spacial score (nSPS) is 16.7. The molecule has 3 aromatic rings. The first kappa shape index (κ1) is 22.4. The number of aromatic nitrogens is 3. The lowest BCUT2D eigenvalue weighted by Crippen LogP contribution is -2.27. The third-order valence-electron chi connectivity index (χ3n) is 5.47. The number of likely N-dealkylation sites (N-methyl/N-ethyl adjacent to an activating group) is 1. The number of amides is 1. The number of methoxy groups -OCH3 is 1. The molecule has 2 aromatic carbocycles. The van der Waals surface area contributed by atoms with Gasteiger partial charge in [-0.25, -0.2) is 0 Å². The lowest BCUT2D eigenvalue weighted by molar-refractivity contribution is -0.128. The Labute approximate surface area is 192 Å². The third kappa shape index (κ3) is 4.97. The molecule has 1 amide bonds. The van der Waals surface area contributed by atoms with Crippen molar-refractivity contribution in [2.24, 2.45) is 0 Å². The van der Waals surface area contributed by atoms with E-state index in [1.54, 1.807) is 26.1 Å². The van der Waals surface area contributed by atoms with Gasteiger partial charge in [-0.3, -0.25) is 9.36 Å². The lowest BCUT2D eigenvalue weighted by atomic mass is 10.1. The standard InChI is InChI=1S/C24H28N4O3S/c1-27(2)23(29)21(17-8-5-4-6-9-17)32-24-26-25-22(18-11-13-19(30-3)14-12-18)28(24)16-20-10-7-15-31-20/h4-6,8-9,11-14,20-21H,7,10,15-16H2,1-3H3. The van der Waals surface area contributed by atoms with E-state index in [0.29, 0.717) is 11.7 Å². The number of thioether (sulfide) groups is 1. The van der Waals surface area contributed by atoms with E-state index in [2.05, 4.69) is 14.8 Å². The second-order valence-electron chi connectivity index (χ2n) is 7.92. The molecule has 0 spiro atoms. The Morgan fingerprint density at radius 1 is 1.19 bits per heavy atom. The first-order valence-electron chi connectivity index (χ1n) is 10.7. The summed E-state index contributed by atoms with van der Waals surface area (Å²) in [4.78, 5) is 14.7. The molecule has 2 unspecified atom stereocenters. The number of ether oxygens (including phenoxy) is 2. The molecule has 168 valence electrons. The van der Waals surface area contributed by atoms with Crippen LogP contribution in [0.4, 0.5) is 0 Å². The van der Waals surface area contributed by atoms with E-state index < -0.39 is 5.25 Å². The first-order valence-corrected chi connectivity index (χ1v) is 11.6. The van der Waals surface area contributed by atoms with Crippen LogP contribution in [-0.2, 0) is 16.1 Å². The lowest BCUT2D eigenvalue weighted by Gasteiger charge is -2.21. The largest absolute Gasteiger partial charge is 0.497 e. The van der Waals surface area contributed by atoms with Crippen LogP contribution in [0.1, 0.15) is 23.7 Å². The van der Waals surface area contributed by atoms with E-state index in [1.807, 2.05) is 54.6 Å². The average Bonchev–Trinajstić information content (AvgIpc) is 3.48. The van der Waals surface area contributed by atoms with Crippen LogP contribution >= 0.6 is 11.8 Å². The van der Waals surface area contributed by atoms with Crippen LogP contribution in [0.5, 0.6) is 5.75 Å². The van der Waals surface area contributed by atoms with Gasteiger partial charge < -0.3 is 14.4 Å². The highest BCUT2D eigenvalue weighted by Crippen LogP contribution is 2.37. The average molecular weight is 453 g/mol. The van der Waals surface area contributed by atoms with Crippen LogP contribution in [0, 0.1) is 0 Å². The monoisotopic (exact) mass is 452 g/mol. The summed E-state index contributed by atoms with van der Waals surface area (Å²) in [7, 11) is 5.20. The number of hydrogen-bond donors (Lipinski definition) is 0. The van der Waals surface area contributed by atoms with E-state index >= 15 is 0 Å². The highest BCUT2D eigenvalue weighted by atomic mass is 32.2. The quantitative estimate of drug-likeness (QED) is 0.480. The molecule has 0 saturated carbocycles. The number of hydrogen-bond acceptors (Lipinski definition) is 6. The zero-order valence-corrected chi connectivity index (χ0v) is 19.4. The summed E-state index contributed by atoms with van der Waals surface area (Å²) >= 11 is 1.43. The fourth-order valence-electron chi connectivity index (χ4n) is 3.71. The summed E-state index contributed by atoms with van der Waals surface area (Å²) in [5.41, 5.74) is 1.88. The minimum Gasteiger partial charge on any atom is -0.497 e. The Morgan fingerprint density at radius 2 is 1.94 bits per heavy atom. The fraction of sp³-hybridized carbons (Fsp3) is 0.375. The Balaban J connectivity index is 1.71. The summed E-state index contributed by atoms with van der Waals surface area (Å²) in [5.74, 6) is 1.56. The summed E-state index contributed by atoms with van der Waals surface area (Å²) < 4.78 is 13.3. The predicted octanol–water partition coefficient (Wildman–Crippen LogP) is 4.05. The zero-order valence-electron chi connectivity index (χ0n) is 18.6.